The van der Waals surface area contributed by atoms with Crippen LogP contribution in [0.4, 0.5) is 0 Å². The fourth-order valence-electron chi connectivity index (χ4n) is 2.70. The molecule has 0 radical (unpaired) electrons. The molecule has 3 N–H and O–H groups in total. The van der Waals surface area contributed by atoms with Gasteiger partial charge >= 0.3 is 0 Å². The molecule has 26 heavy (non-hydrogen) atoms. The third-order valence-electron chi connectivity index (χ3n) is 4.06. The summed E-state index contributed by atoms with van der Waals surface area (Å²) in [7, 11) is 1.86. The van der Waals surface area contributed by atoms with Crippen LogP contribution in [0.3, 0.4) is 0 Å². The summed E-state index contributed by atoms with van der Waals surface area (Å²) in [4.78, 5) is 23.6. The van der Waals surface area contributed by atoms with Crippen molar-refractivity contribution in [3.05, 3.63) is 65.9 Å². The van der Waals surface area contributed by atoms with E-state index in [4.69, 9.17) is 9.94 Å². The van der Waals surface area contributed by atoms with Gasteiger partial charge < -0.3 is 14.6 Å². The number of amides is 2. The van der Waals surface area contributed by atoms with Gasteiger partial charge in [-0.1, -0.05) is 18.2 Å². The summed E-state index contributed by atoms with van der Waals surface area (Å²) in [6, 6.07) is 16.0. The Morgan fingerprint density at radius 3 is 2.50 bits per heavy atom. The van der Waals surface area contributed by atoms with Gasteiger partial charge in [-0.25, -0.2) is 5.48 Å². The normalized spacial score (nSPS) is 10.5. The van der Waals surface area contributed by atoms with Crippen molar-refractivity contribution in [2.24, 2.45) is 7.05 Å². The number of ether oxygens (including phenoxy) is 1. The summed E-state index contributed by atoms with van der Waals surface area (Å²) >= 11 is 0. The highest BCUT2D eigenvalue weighted by Crippen LogP contribution is 2.18. The Kier molecular flexibility index (Phi) is 5.19. The summed E-state index contributed by atoms with van der Waals surface area (Å²) in [5.74, 6) is -0.181. The van der Waals surface area contributed by atoms with Crippen LogP contribution in [0.15, 0.2) is 54.6 Å². The monoisotopic (exact) mass is 353 g/mol. The summed E-state index contributed by atoms with van der Waals surface area (Å²) in [5.41, 5.74) is 3.48. The molecule has 3 aromatic rings. The SMILES string of the molecule is Cn1c(C(=O)NCCOc2ccc(C(=O)NO)cc2)cc2ccccc21. The zero-order chi connectivity index (χ0) is 18.5. The number of nitrogens with zero attached hydrogens (tertiary/aromatic N) is 1. The van der Waals surface area contributed by atoms with Gasteiger partial charge in [0, 0.05) is 23.5 Å². The molecular formula is C19H19N3O4. The third kappa shape index (κ3) is 3.68. The molecule has 0 spiro atoms. The summed E-state index contributed by atoms with van der Waals surface area (Å²) in [6.07, 6.45) is 0. The highest BCUT2D eigenvalue weighted by molar-refractivity contribution is 5.98. The quantitative estimate of drug-likeness (QED) is 0.359. The van der Waals surface area contributed by atoms with E-state index in [9.17, 15) is 9.59 Å². The van der Waals surface area contributed by atoms with Crippen LogP contribution in [-0.2, 0) is 7.05 Å². The minimum atomic E-state index is -0.584. The number of carbonyl (C=O) groups excluding carboxylic acids is 2. The van der Waals surface area contributed by atoms with E-state index in [2.05, 4.69) is 5.32 Å². The molecule has 0 saturated heterocycles. The van der Waals surface area contributed by atoms with E-state index in [-0.39, 0.29) is 5.91 Å². The topological polar surface area (TPSA) is 92.6 Å². The second kappa shape index (κ2) is 7.71. The molecule has 7 nitrogen and oxygen atoms in total. The first-order chi connectivity index (χ1) is 12.6. The van der Waals surface area contributed by atoms with Crippen LogP contribution in [0.25, 0.3) is 10.9 Å². The Morgan fingerprint density at radius 1 is 1.08 bits per heavy atom. The average Bonchev–Trinajstić information content (AvgIpc) is 3.02. The number of benzene rings is 2. The number of nitrogens with one attached hydrogen (secondary N) is 2. The number of hydrogen-bond donors (Lipinski definition) is 3. The second-order valence-corrected chi connectivity index (χ2v) is 5.72. The van der Waals surface area contributed by atoms with Crippen molar-refractivity contribution >= 4 is 22.7 Å². The molecule has 0 aliphatic heterocycles. The maximum atomic E-state index is 12.3. The van der Waals surface area contributed by atoms with E-state index in [1.54, 1.807) is 17.6 Å². The van der Waals surface area contributed by atoms with Gasteiger partial charge in [-0.3, -0.25) is 14.8 Å². The van der Waals surface area contributed by atoms with Crippen molar-refractivity contribution in [2.75, 3.05) is 13.2 Å². The maximum Gasteiger partial charge on any atom is 0.274 e. The molecule has 0 bridgehead atoms. The lowest BCUT2D eigenvalue weighted by Gasteiger charge is -2.09. The first-order valence-electron chi connectivity index (χ1n) is 8.10. The fraction of sp³-hybridized carbons (Fsp3) is 0.158. The fourth-order valence-corrected chi connectivity index (χ4v) is 2.70. The molecule has 1 aromatic heterocycles. The molecule has 0 fully saturated rings. The van der Waals surface area contributed by atoms with E-state index in [1.807, 2.05) is 41.9 Å². The van der Waals surface area contributed by atoms with E-state index in [0.717, 1.165) is 10.9 Å². The molecule has 1 heterocycles. The van der Waals surface area contributed by atoms with Gasteiger partial charge in [-0.2, -0.15) is 0 Å². The van der Waals surface area contributed by atoms with Gasteiger partial charge in [0.05, 0.1) is 6.54 Å². The van der Waals surface area contributed by atoms with Crippen LogP contribution in [0.1, 0.15) is 20.8 Å². The van der Waals surface area contributed by atoms with Gasteiger partial charge in [0.1, 0.15) is 18.1 Å². The first kappa shape index (κ1) is 17.5. The van der Waals surface area contributed by atoms with E-state index >= 15 is 0 Å². The van der Waals surface area contributed by atoms with Gasteiger partial charge in [-0.15, -0.1) is 0 Å². The highest BCUT2D eigenvalue weighted by atomic mass is 16.5. The Hall–Kier alpha value is -3.32. The van der Waals surface area contributed by atoms with Crippen LogP contribution in [0, 0.1) is 0 Å². The molecule has 0 atom stereocenters. The average molecular weight is 353 g/mol. The number of para-hydroxylation sites is 1. The van der Waals surface area contributed by atoms with E-state index in [1.165, 1.54) is 12.1 Å². The Balaban J connectivity index is 1.52. The number of aryl methyl sites for hydroxylation is 1. The lowest BCUT2D eigenvalue weighted by molar-refractivity contribution is 0.0706. The summed E-state index contributed by atoms with van der Waals surface area (Å²) in [6.45, 7) is 0.639. The molecule has 2 amide bonds. The van der Waals surface area contributed by atoms with E-state index in [0.29, 0.717) is 30.2 Å². The Labute approximate surface area is 150 Å². The standard InChI is InChI=1S/C19H19N3O4/c1-22-16-5-3-2-4-14(16)12-17(22)19(24)20-10-11-26-15-8-6-13(7-9-15)18(23)21-25/h2-9,12,25H,10-11H2,1H3,(H,20,24)(H,21,23). The number of fused-ring (bicyclic) bond motifs is 1. The van der Waals surface area contributed by atoms with Crippen molar-refractivity contribution in [1.29, 1.82) is 0 Å². The first-order valence-corrected chi connectivity index (χ1v) is 8.10. The maximum absolute atomic E-state index is 12.3. The van der Waals surface area contributed by atoms with Crippen molar-refractivity contribution in [3.8, 4) is 5.75 Å². The predicted molar refractivity (Wildman–Crippen MR) is 96.4 cm³/mol. The van der Waals surface area contributed by atoms with Gasteiger partial charge in [0.25, 0.3) is 11.8 Å². The molecule has 2 aromatic carbocycles. The van der Waals surface area contributed by atoms with Crippen LogP contribution in [0.2, 0.25) is 0 Å². The number of rotatable bonds is 6. The third-order valence-corrected chi connectivity index (χ3v) is 4.06. The molecule has 0 aliphatic rings. The predicted octanol–water partition coefficient (Wildman–Crippen LogP) is 2.11. The van der Waals surface area contributed by atoms with Crippen molar-refractivity contribution < 1.29 is 19.5 Å². The minimum absolute atomic E-state index is 0.165. The van der Waals surface area contributed by atoms with E-state index < -0.39 is 5.91 Å². The number of aromatic nitrogens is 1. The molecule has 0 unspecified atom stereocenters. The van der Waals surface area contributed by atoms with Crippen molar-refractivity contribution in [1.82, 2.24) is 15.4 Å². The second-order valence-electron chi connectivity index (χ2n) is 5.72. The van der Waals surface area contributed by atoms with Crippen LogP contribution < -0.4 is 15.5 Å². The molecule has 0 saturated carbocycles. The molecular weight excluding hydrogens is 334 g/mol. The van der Waals surface area contributed by atoms with Crippen LogP contribution in [0.5, 0.6) is 5.75 Å². The molecule has 3 rings (SSSR count). The van der Waals surface area contributed by atoms with Crippen molar-refractivity contribution in [3.63, 3.8) is 0 Å². The largest absolute Gasteiger partial charge is 0.492 e. The van der Waals surface area contributed by atoms with Gasteiger partial charge in [0.15, 0.2) is 0 Å². The molecule has 7 heteroatoms. The van der Waals surface area contributed by atoms with Gasteiger partial charge in [-0.05, 0) is 36.4 Å². The highest BCUT2D eigenvalue weighted by Gasteiger charge is 2.12. The molecule has 0 aliphatic carbocycles. The Morgan fingerprint density at radius 2 is 1.81 bits per heavy atom. The zero-order valence-electron chi connectivity index (χ0n) is 14.2. The zero-order valence-corrected chi connectivity index (χ0v) is 14.2. The number of hydroxylamine groups is 1. The summed E-state index contributed by atoms with van der Waals surface area (Å²) in [5, 5.41) is 12.4. The Bertz CT molecular complexity index is 932. The molecule has 134 valence electrons. The number of hydrogen-bond acceptors (Lipinski definition) is 4. The smallest absolute Gasteiger partial charge is 0.274 e. The van der Waals surface area contributed by atoms with Crippen LogP contribution in [-0.4, -0.2) is 34.7 Å². The minimum Gasteiger partial charge on any atom is -0.492 e. The number of carbonyl (C=O) groups is 2. The lowest BCUT2D eigenvalue weighted by Crippen LogP contribution is -2.29. The lowest BCUT2D eigenvalue weighted by atomic mass is 10.2. The van der Waals surface area contributed by atoms with Crippen LogP contribution >= 0.6 is 0 Å². The summed E-state index contributed by atoms with van der Waals surface area (Å²) < 4.78 is 7.39. The van der Waals surface area contributed by atoms with Gasteiger partial charge in [0.2, 0.25) is 0 Å². The van der Waals surface area contributed by atoms with Crippen molar-refractivity contribution in [2.45, 2.75) is 0 Å².